The van der Waals surface area contributed by atoms with Gasteiger partial charge in [0.2, 0.25) is 0 Å². The van der Waals surface area contributed by atoms with Gasteiger partial charge in [0, 0.05) is 137 Å². The standard InChI is InChI=1S/C16H30O2.4Y/c1-12(6-3-4-11-17)13-8-9-14-15(18)7-5-10-16(13,14)2;;;;/h12-15,17-18H,3-11H2,1-2H3;;;;/t12-,13?,14+,15+,16-;;;;/m1..../s1. The average Bonchev–Trinajstić information content (AvgIpc) is 2.68. The van der Waals surface area contributed by atoms with Gasteiger partial charge in [0.1, 0.15) is 0 Å². The molecule has 22 heavy (non-hydrogen) atoms. The molecule has 0 saturated heterocycles. The minimum absolute atomic E-state index is 0. The van der Waals surface area contributed by atoms with E-state index < -0.39 is 0 Å². The van der Waals surface area contributed by atoms with E-state index in [0.29, 0.717) is 17.9 Å². The fourth-order valence-corrected chi connectivity index (χ4v) is 4.90. The van der Waals surface area contributed by atoms with Crippen LogP contribution in [0.15, 0.2) is 0 Å². The number of rotatable bonds is 5. The molecule has 0 aromatic rings. The zero-order valence-corrected chi connectivity index (χ0v) is 25.7. The Morgan fingerprint density at radius 2 is 1.68 bits per heavy atom. The molecule has 2 nitrogen and oxygen atoms in total. The van der Waals surface area contributed by atoms with Crippen LogP contribution in [0.25, 0.3) is 0 Å². The van der Waals surface area contributed by atoms with Crippen LogP contribution in [-0.2, 0) is 131 Å². The van der Waals surface area contributed by atoms with Crippen LogP contribution in [0.4, 0.5) is 0 Å². The van der Waals surface area contributed by atoms with E-state index in [1.807, 2.05) is 0 Å². The molecule has 0 bridgehead atoms. The molecule has 118 valence electrons. The first-order chi connectivity index (χ1) is 8.59. The minimum atomic E-state index is -0.0432. The Bertz CT molecular complexity index is 281. The van der Waals surface area contributed by atoms with Crippen molar-refractivity contribution in [1.29, 1.82) is 0 Å². The monoisotopic (exact) mass is 610 g/mol. The van der Waals surface area contributed by atoms with Gasteiger partial charge < -0.3 is 10.2 Å². The summed E-state index contributed by atoms with van der Waals surface area (Å²) in [5.74, 6) is 2.09. The van der Waals surface area contributed by atoms with Crippen LogP contribution in [0.2, 0.25) is 0 Å². The van der Waals surface area contributed by atoms with Gasteiger partial charge in [-0.05, 0) is 55.3 Å². The second-order valence-corrected chi connectivity index (χ2v) is 6.95. The Morgan fingerprint density at radius 3 is 2.27 bits per heavy atom. The fourth-order valence-electron chi connectivity index (χ4n) is 4.90. The molecule has 2 N–H and O–H groups in total. The summed E-state index contributed by atoms with van der Waals surface area (Å²) < 4.78 is 0. The van der Waals surface area contributed by atoms with Crippen molar-refractivity contribution in [1.82, 2.24) is 0 Å². The topological polar surface area (TPSA) is 40.5 Å². The van der Waals surface area contributed by atoms with E-state index in [2.05, 4.69) is 13.8 Å². The van der Waals surface area contributed by atoms with Gasteiger partial charge in [0.05, 0.1) is 6.10 Å². The Hall–Kier alpha value is 4.34. The molecule has 2 aliphatic rings. The second kappa shape index (κ2) is 15.3. The van der Waals surface area contributed by atoms with Crippen molar-refractivity contribution in [2.75, 3.05) is 6.61 Å². The molecule has 4 radical (unpaired) electrons. The first kappa shape index (κ1) is 31.0. The predicted molar refractivity (Wildman–Crippen MR) is 74.3 cm³/mol. The molecular formula is C16H30O2Y4. The van der Waals surface area contributed by atoms with Crippen molar-refractivity contribution in [2.45, 2.75) is 71.3 Å². The van der Waals surface area contributed by atoms with Gasteiger partial charge in [0.15, 0.2) is 0 Å². The fraction of sp³-hybridized carbons (Fsp3) is 1.00. The predicted octanol–water partition coefficient (Wildman–Crippen LogP) is 3.35. The van der Waals surface area contributed by atoms with Crippen molar-refractivity contribution in [3.63, 3.8) is 0 Å². The largest absolute Gasteiger partial charge is 0.396 e. The van der Waals surface area contributed by atoms with E-state index >= 15 is 0 Å². The molecule has 1 unspecified atom stereocenters. The van der Waals surface area contributed by atoms with Gasteiger partial charge in [0.25, 0.3) is 0 Å². The SMILES string of the molecule is C[C@H](CCCCO)C1CC[C@H]2[C@@H](O)CCC[C@]12C.[Y].[Y].[Y].[Y]. The zero-order chi connectivity index (χ0) is 13.2. The van der Waals surface area contributed by atoms with Gasteiger partial charge in [-0.15, -0.1) is 0 Å². The summed E-state index contributed by atoms with van der Waals surface area (Å²) in [4.78, 5) is 0. The molecule has 2 rings (SSSR count). The summed E-state index contributed by atoms with van der Waals surface area (Å²) in [5, 5.41) is 19.1. The van der Waals surface area contributed by atoms with E-state index in [0.717, 1.165) is 31.1 Å². The van der Waals surface area contributed by atoms with Crippen molar-refractivity contribution in [2.24, 2.45) is 23.2 Å². The Labute approximate surface area is 237 Å². The molecule has 2 saturated carbocycles. The van der Waals surface area contributed by atoms with Crippen LogP contribution >= 0.6 is 0 Å². The summed E-state index contributed by atoms with van der Waals surface area (Å²) in [7, 11) is 0. The zero-order valence-electron chi connectivity index (χ0n) is 14.4. The first-order valence-electron chi connectivity index (χ1n) is 7.88. The number of hydrogen-bond acceptors (Lipinski definition) is 2. The van der Waals surface area contributed by atoms with Gasteiger partial charge in [-0.3, -0.25) is 0 Å². The molecule has 0 aliphatic heterocycles. The maximum absolute atomic E-state index is 10.2. The van der Waals surface area contributed by atoms with Crippen molar-refractivity contribution >= 4 is 0 Å². The van der Waals surface area contributed by atoms with Crippen LogP contribution in [0.3, 0.4) is 0 Å². The molecule has 0 aromatic carbocycles. The van der Waals surface area contributed by atoms with Crippen LogP contribution in [0, 0.1) is 23.2 Å². The summed E-state index contributed by atoms with van der Waals surface area (Å²) >= 11 is 0. The molecule has 6 heteroatoms. The average molecular weight is 610 g/mol. The molecule has 0 amide bonds. The second-order valence-electron chi connectivity index (χ2n) is 6.95. The van der Waals surface area contributed by atoms with E-state index in [-0.39, 0.29) is 137 Å². The summed E-state index contributed by atoms with van der Waals surface area (Å²) in [5.41, 5.74) is 0.385. The Balaban J connectivity index is -0.000000902. The Kier molecular flexibility index (Phi) is 21.6. The van der Waals surface area contributed by atoms with Crippen molar-refractivity contribution in [3.05, 3.63) is 0 Å². The maximum atomic E-state index is 10.2. The van der Waals surface area contributed by atoms with E-state index in [1.165, 1.54) is 32.1 Å². The van der Waals surface area contributed by atoms with Gasteiger partial charge in [-0.25, -0.2) is 0 Å². The summed E-state index contributed by atoms with van der Waals surface area (Å²) in [6, 6.07) is 0. The van der Waals surface area contributed by atoms with Crippen LogP contribution < -0.4 is 0 Å². The third-order valence-electron chi connectivity index (χ3n) is 5.92. The third-order valence-corrected chi connectivity index (χ3v) is 5.92. The van der Waals surface area contributed by atoms with Crippen LogP contribution in [0.5, 0.6) is 0 Å². The van der Waals surface area contributed by atoms with E-state index in [1.54, 1.807) is 0 Å². The van der Waals surface area contributed by atoms with E-state index in [9.17, 15) is 5.11 Å². The Morgan fingerprint density at radius 1 is 1.05 bits per heavy atom. The van der Waals surface area contributed by atoms with Gasteiger partial charge in [-0.2, -0.15) is 0 Å². The number of aliphatic hydroxyl groups excluding tert-OH is 2. The molecule has 2 aliphatic carbocycles. The maximum Gasteiger partial charge on any atom is 0.0573 e. The first-order valence-corrected chi connectivity index (χ1v) is 7.88. The molecule has 0 aromatic heterocycles. The number of unbranched alkanes of at least 4 members (excludes halogenated alkanes) is 1. The molecular weight excluding hydrogens is 580 g/mol. The van der Waals surface area contributed by atoms with Crippen LogP contribution in [0.1, 0.15) is 65.2 Å². The summed E-state index contributed by atoms with van der Waals surface area (Å²) in [6.07, 6.45) is 9.36. The third kappa shape index (κ3) is 7.76. The smallest absolute Gasteiger partial charge is 0.0573 e. The molecule has 5 atom stereocenters. The van der Waals surface area contributed by atoms with Crippen molar-refractivity contribution in [3.8, 4) is 0 Å². The summed E-state index contributed by atoms with van der Waals surface area (Å²) in [6.45, 7) is 5.15. The number of hydrogen-bond donors (Lipinski definition) is 2. The normalized spacial score (nSPS) is 34.1. The quantitative estimate of drug-likeness (QED) is 0.470. The molecule has 2 fully saturated rings. The van der Waals surface area contributed by atoms with Gasteiger partial charge >= 0.3 is 0 Å². The van der Waals surface area contributed by atoms with Crippen LogP contribution in [-0.4, -0.2) is 22.9 Å². The van der Waals surface area contributed by atoms with Gasteiger partial charge in [-0.1, -0.05) is 33.1 Å². The molecule has 0 spiro atoms. The molecule has 0 heterocycles. The van der Waals surface area contributed by atoms with Crippen molar-refractivity contribution < 1.29 is 141 Å². The number of aliphatic hydroxyl groups is 2. The minimum Gasteiger partial charge on any atom is -0.396 e. The van der Waals surface area contributed by atoms with E-state index in [4.69, 9.17) is 5.11 Å². The number of fused-ring (bicyclic) bond motifs is 1.